The summed E-state index contributed by atoms with van der Waals surface area (Å²) in [5.74, 6) is 0.115. The number of nitrogens with one attached hydrogen (secondary N) is 2. The third-order valence-electron chi connectivity index (χ3n) is 4.38. The van der Waals surface area contributed by atoms with E-state index < -0.39 is 11.9 Å². The molecule has 1 unspecified atom stereocenters. The molecule has 0 spiro atoms. The van der Waals surface area contributed by atoms with Gasteiger partial charge in [-0.15, -0.1) is 5.10 Å². The van der Waals surface area contributed by atoms with Gasteiger partial charge < -0.3 is 5.73 Å². The van der Waals surface area contributed by atoms with Crippen LogP contribution in [0, 0.1) is 0 Å². The Balaban J connectivity index is 1.90. The second-order valence-electron chi connectivity index (χ2n) is 6.41. The highest BCUT2D eigenvalue weighted by Crippen LogP contribution is 2.30. The Bertz CT molecular complexity index is 938. The number of Topliss-reactive ketones (excluding diaryl/α,β-unsaturated/α-hetero) is 1. The molecule has 1 aromatic heterocycles. The first-order chi connectivity index (χ1) is 13.6. The van der Waals surface area contributed by atoms with E-state index in [-0.39, 0.29) is 12.3 Å². The molecule has 1 amide bonds. The van der Waals surface area contributed by atoms with Crippen LogP contribution in [0.2, 0.25) is 0 Å². The Hall–Kier alpha value is -3.39. The van der Waals surface area contributed by atoms with Gasteiger partial charge in [-0.1, -0.05) is 55.5 Å². The number of aromatic amines is 1. The van der Waals surface area contributed by atoms with Crippen LogP contribution in [0.4, 0.5) is 0 Å². The van der Waals surface area contributed by atoms with Gasteiger partial charge >= 0.3 is 0 Å². The van der Waals surface area contributed by atoms with Crippen molar-refractivity contribution in [1.82, 2.24) is 25.9 Å². The molecule has 3 aromatic rings. The first-order valence-corrected chi connectivity index (χ1v) is 9.08. The molecular weight excluding hydrogens is 356 g/mol. The van der Waals surface area contributed by atoms with Crippen LogP contribution in [-0.2, 0) is 9.59 Å². The highest BCUT2D eigenvalue weighted by Gasteiger charge is 2.20. The zero-order valence-electron chi connectivity index (χ0n) is 15.6. The van der Waals surface area contributed by atoms with Crippen molar-refractivity contribution in [3.63, 3.8) is 0 Å². The lowest BCUT2D eigenvalue weighted by Gasteiger charge is -2.18. The third-order valence-corrected chi connectivity index (χ3v) is 4.38. The number of amides is 1. The molecule has 0 fully saturated rings. The summed E-state index contributed by atoms with van der Waals surface area (Å²) in [6.07, 6.45) is 1.17. The number of nitrogens with zero attached hydrogens (tertiary/aromatic N) is 3. The summed E-state index contributed by atoms with van der Waals surface area (Å²) >= 11 is 0. The van der Waals surface area contributed by atoms with E-state index in [9.17, 15) is 9.59 Å². The Kier molecular flexibility index (Phi) is 6.23. The molecule has 0 aliphatic heterocycles. The largest absolute Gasteiger partial charge is 0.369 e. The van der Waals surface area contributed by atoms with Gasteiger partial charge in [0, 0.05) is 12.0 Å². The molecule has 0 bridgehead atoms. The molecule has 8 nitrogen and oxygen atoms in total. The number of tetrazole rings is 1. The smallest absolute Gasteiger partial charge is 0.231 e. The second-order valence-corrected chi connectivity index (χ2v) is 6.41. The molecule has 8 heteroatoms. The maximum absolute atomic E-state index is 12.5. The van der Waals surface area contributed by atoms with Gasteiger partial charge in [-0.05, 0) is 33.5 Å². The van der Waals surface area contributed by atoms with Gasteiger partial charge in [-0.3, -0.25) is 14.9 Å². The van der Waals surface area contributed by atoms with Crippen LogP contribution in [0.25, 0.3) is 22.5 Å². The molecule has 3 rings (SSSR count). The SMILES string of the molecule is CCCC(=O)C(NCC(N)=O)c1ccc(-c2ccccc2-c2nnn[nH]2)cc1. The maximum Gasteiger partial charge on any atom is 0.231 e. The summed E-state index contributed by atoms with van der Waals surface area (Å²) in [6.45, 7) is 1.89. The number of hydrogen-bond donors (Lipinski definition) is 3. The maximum atomic E-state index is 12.5. The van der Waals surface area contributed by atoms with Crippen LogP contribution >= 0.6 is 0 Å². The fourth-order valence-electron chi connectivity index (χ4n) is 3.08. The molecule has 144 valence electrons. The summed E-state index contributed by atoms with van der Waals surface area (Å²) in [6, 6.07) is 14.9. The standard InChI is InChI=1S/C20H22N6O2/c1-2-5-17(27)19(22-12-18(21)28)14-10-8-13(9-11-14)15-6-3-4-7-16(15)20-23-25-26-24-20/h3-4,6-11,19,22H,2,5,12H2,1H3,(H2,21,28)(H,23,24,25,26). The Morgan fingerprint density at radius 3 is 2.43 bits per heavy atom. The van der Waals surface area contributed by atoms with Crippen molar-refractivity contribution in [3.05, 3.63) is 54.1 Å². The first kappa shape index (κ1) is 19.4. The molecule has 0 saturated carbocycles. The molecule has 1 atom stereocenters. The first-order valence-electron chi connectivity index (χ1n) is 9.08. The minimum absolute atomic E-state index is 0.0321. The predicted molar refractivity (Wildman–Crippen MR) is 105 cm³/mol. The number of carbonyl (C=O) groups is 2. The normalized spacial score (nSPS) is 11.9. The van der Waals surface area contributed by atoms with Crippen LogP contribution in [0.5, 0.6) is 0 Å². The fraction of sp³-hybridized carbons (Fsp3) is 0.250. The topological polar surface area (TPSA) is 127 Å². The summed E-state index contributed by atoms with van der Waals surface area (Å²) in [7, 11) is 0. The lowest BCUT2D eigenvalue weighted by Crippen LogP contribution is -2.35. The van der Waals surface area contributed by atoms with Crippen molar-refractivity contribution in [3.8, 4) is 22.5 Å². The van der Waals surface area contributed by atoms with E-state index in [1.807, 2.05) is 55.5 Å². The number of primary amides is 1. The molecule has 4 N–H and O–H groups in total. The van der Waals surface area contributed by atoms with E-state index in [2.05, 4.69) is 25.9 Å². The zero-order valence-corrected chi connectivity index (χ0v) is 15.6. The van der Waals surface area contributed by atoms with Crippen LogP contribution in [-0.4, -0.2) is 38.9 Å². The minimum atomic E-state index is -0.560. The molecule has 0 aliphatic rings. The molecular formula is C20H22N6O2. The summed E-state index contributed by atoms with van der Waals surface area (Å²) in [5, 5.41) is 17.0. The number of hydrogen-bond acceptors (Lipinski definition) is 6. The van der Waals surface area contributed by atoms with E-state index in [1.165, 1.54) is 0 Å². The van der Waals surface area contributed by atoms with Gasteiger partial charge in [0.1, 0.15) is 0 Å². The van der Waals surface area contributed by atoms with Crippen molar-refractivity contribution in [2.24, 2.45) is 5.73 Å². The van der Waals surface area contributed by atoms with Gasteiger partial charge in [0.2, 0.25) is 5.91 Å². The fourth-order valence-corrected chi connectivity index (χ4v) is 3.08. The Morgan fingerprint density at radius 2 is 1.82 bits per heavy atom. The van der Waals surface area contributed by atoms with E-state index >= 15 is 0 Å². The van der Waals surface area contributed by atoms with Crippen molar-refractivity contribution >= 4 is 11.7 Å². The van der Waals surface area contributed by atoms with Crippen LogP contribution in [0.1, 0.15) is 31.4 Å². The summed E-state index contributed by atoms with van der Waals surface area (Å²) in [5.41, 5.74) is 8.83. The monoisotopic (exact) mass is 378 g/mol. The number of carbonyl (C=O) groups excluding carboxylic acids is 2. The van der Waals surface area contributed by atoms with Crippen molar-refractivity contribution in [1.29, 1.82) is 0 Å². The summed E-state index contributed by atoms with van der Waals surface area (Å²) in [4.78, 5) is 23.6. The van der Waals surface area contributed by atoms with Crippen LogP contribution in [0.3, 0.4) is 0 Å². The van der Waals surface area contributed by atoms with Crippen LogP contribution in [0.15, 0.2) is 48.5 Å². The predicted octanol–water partition coefficient (Wildman–Crippen LogP) is 2.02. The average molecular weight is 378 g/mol. The molecule has 1 heterocycles. The lowest BCUT2D eigenvalue weighted by molar-refractivity contribution is -0.121. The van der Waals surface area contributed by atoms with E-state index in [4.69, 9.17) is 5.73 Å². The number of nitrogens with two attached hydrogens (primary N) is 1. The van der Waals surface area contributed by atoms with Gasteiger partial charge in [-0.2, -0.15) is 0 Å². The van der Waals surface area contributed by atoms with Gasteiger partial charge in [0.15, 0.2) is 11.6 Å². The third kappa shape index (κ3) is 4.47. The van der Waals surface area contributed by atoms with Crippen molar-refractivity contribution < 1.29 is 9.59 Å². The number of ketones is 1. The molecule has 28 heavy (non-hydrogen) atoms. The van der Waals surface area contributed by atoms with Gasteiger partial charge in [-0.25, -0.2) is 5.10 Å². The number of aromatic nitrogens is 4. The van der Waals surface area contributed by atoms with Crippen molar-refractivity contribution in [2.75, 3.05) is 6.54 Å². The molecule has 0 aliphatic carbocycles. The van der Waals surface area contributed by atoms with Crippen LogP contribution < -0.4 is 11.1 Å². The number of benzene rings is 2. The lowest BCUT2D eigenvalue weighted by atomic mass is 9.95. The number of rotatable bonds is 9. The zero-order chi connectivity index (χ0) is 19.9. The highest BCUT2D eigenvalue weighted by molar-refractivity contribution is 5.87. The number of H-pyrrole nitrogens is 1. The van der Waals surface area contributed by atoms with E-state index in [0.717, 1.165) is 28.7 Å². The average Bonchev–Trinajstić information content (AvgIpc) is 3.23. The van der Waals surface area contributed by atoms with Gasteiger partial charge in [0.25, 0.3) is 0 Å². The Morgan fingerprint density at radius 1 is 1.11 bits per heavy atom. The molecule has 0 radical (unpaired) electrons. The van der Waals surface area contributed by atoms with Crippen molar-refractivity contribution in [2.45, 2.75) is 25.8 Å². The molecule has 0 saturated heterocycles. The van der Waals surface area contributed by atoms with Gasteiger partial charge in [0.05, 0.1) is 12.6 Å². The highest BCUT2D eigenvalue weighted by atomic mass is 16.1. The van der Waals surface area contributed by atoms with E-state index in [0.29, 0.717) is 12.2 Å². The quantitative estimate of drug-likeness (QED) is 0.523. The molecule has 2 aromatic carbocycles. The summed E-state index contributed by atoms with van der Waals surface area (Å²) < 4.78 is 0. The Labute approximate surface area is 162 Å². The second kappa shape index (κ2) is 9.01. The minimum Gasteiger partial charge on any atom is -0.369 e. The van der Waals surface area contributed by atoms with E-state index in [1.54, 1.807) is 0 Å².